The van der Waals surface area contributed by atoms with E-state index >= 15 is 0 Å². The lowest BCUT2D eigenvalue weighted by molar-refractivity contribution is 0.0908. The molecule has 0 radical (unpaired) electrons. The first kappa shape index (κ1) is 15.9. The molecule has 0 saturated carbocycles. The van der Waals surface area contributed by atoms with Crippen LogP contribution in [0, 0.1) is 0 Å². The molecule has 0 heterocycles. The van der Waals surface area contributed by atoms with E-state index in [1.165, 1.54) is 0 Å². The summed E-state index contributed by atoms with van der Waals surface area (Å²) in [7, 11) is 0. The van der Waals surface area contributed by atoms with E-state index < -0.39 is 0 Å². The van der Waals surface area contributed by atoms with E-state index in [4.69, 9.17) is 0 Å². The van der Waals surface area contributed by atoms with Crippen molar-refractivity contribution in [1.29, 1.82) is 0 Å². The molecule has 0 aromatic heterocycles. The third-order valence-electron chi connectivity index (χ3n) is 3.20. The highest BCUT2D eigenvalue weighted by Crippen LogP contribution is 2.12. The van der Waals surface area contributed by atoms with Crippen LogP contribution in [0.3, 0.4) is 0 Å². The summed E-state index contributed by atoms with van der Waals surface area (Å²) in [6.07, 6.45) is 0. The first-order valence-corrected chi connectivity index (χ1v) is 7.64. The lowest BCUT2D eigenvalue weighted by Crippen LogP contribution is -2.32. The number of hydrogen-bond acceptors (Lipinski definition) is 3. The van der Waals surface area contributed by atoms with Gasteiger partial charge in [-0.2, -0.15) is 0 Å². The van der Waals surface area contributed by atoms with Gasteiger partial charge in [0.15, 0.2) is 5.78 Å². The number of carbonyl (C=O) groups is 1. The first-order chi connectivity index (χ1) is 10.2. The highest BCUT2D eigenvalue weighted by atomic mass is 79.9. The molecule has 2 aromatic carbocycles. The van der Waals surface area contributed by atoms with Gasteiger partial charge in [-0.15, -0.1) is 0 Å². The molecule has 110 valence electrons. The second-order valence-corrected chi connectivity index (χ2v) is 5.77. The Morgan fingerprint density at radius 1 is 1.05 bits per heavy atom. The Kier molecular flexibility index (Phi) is 6.11. The number of rotatable bonds is 7. The van der Waals surface area contributed by atoms with E-state index in [1.807, 2.05) is 59.5 Å². The van der Waals surface area contributed by atoms with Gasteiger partial charge in [-0.1, -0.05) is 58.4 Å². The standard InChI is InChI=1S/C17H18BrNO2/c18-16-8-6-15(7-9-16)17(21)13-19(10-11-20)12-14-4-2-1-3-5-14/h1-9,20H,10-13H2. The van der Waals surface area contributed by atoms with Gasteiger partial charge in [-0.3, -0.25) is 9.69 Å². The second-order valence-electron chi connectivity index (χ2n) is 4.85. The minimum atomic E-state index is 0.0421. The van der Waals surface area contributed by atoms with Crippen molar-refractivity contribution in [1.82, 2.24) is 4.90 Å². The van der Waals surface area contributed by atoms with Crippen LogP contribution >= 0.6 is 15.9 Å². The zero-order chi connectivity index (χ0) is 15.1. The Hall–Kier alpha value is -1.49. The Morgan fingerprint density at radius 2 is 1.71 bits per heavy atom. The van der Waals surface area contributed by atoms with Gasteiger partial charge in [-0.25, -0.2) is 0 Å². The topological polar surface area (TPSA) is 40.5 Å². The third-order valence-corrected chi connectivity index (χ3v) is 3.73. The van der Waals surface area contributed by atoms with Crippen LogP contribution in [0.2, 0.25) is 0 Å². The van der Waals surface area contributed by atoms with Gasteiger partial charge in [0, 0.05) is 23.1 Å². The SMILES string of the molecule is O=C(CN(CCO)Cc1ccccc1)c1ccc(Br)cc1. The second kappa shape index (κ2) is 8.08. The molecule has 0 fully saturated rings. The molecule has 0 aliphatic carbocycles. The van der Waals surface area contributed by atoms with Crippen LogP contribution in [-0.2, 0) is 6.54 Å². The molecule has 0 unspecified atom stereocenters. The molecule has 0 aliphatic heterocycles. The number of Topliss-reactive ketones (excluding diaryl/α,β-unsaturated/α-hetero) is 1. The fraction of sp³-hybridized carbons (Fsp3) is 0.235. The third kappa shape index (κ3) is 5.08. The molecule has 4 heteroatoms. The molecule has 21 heavy (non-hydrogen) atoms. The van der Waals surface area contributed by atoms with E-state index in [0.29, 0.717) is 25.2 Å². The predicted octanol–water partition coefficient (Wildman–Crippen LogP) is 3.13. The normalized spacial score (nSPS) is 10.8. The van der Waals surface area contributed by atoms with Gasteiger partial charge in [0.05, 0.1) is 13.2 Å². The Bertz CT molecular complexity index is 569. The molecule has 2 aromatic rings. The number of hydrogen-bond donors (Lipinski definition) is 1. The van der Waals surface area contributed by atoms with E-state index in [-0.39, 0.29) is 12.4 Å². The molecule has 1 N–H and O–H groups in total. The minimum Gasteiger partial charge on any atom is -0.395 e. The summed E-state index contributed by atoms with van der Waals surface area (Å²) in [5.74, 6) is 0.0619. The van der Waals surface area contributed by atoms with Crippen LogP contribution in [0.5, 0.6) is 0 Å². The summed E-state index contributed by atoms with van der Waals surface area (Å²) in [5.41, 5.74) is 1.82. The maximum absolute atomic E-state index is 12.3. The number of ketones is 1. The Morgan fingerprint density at radius 3 is 2.33 bits per heavy atom. The number of carbonyl (C=O) groups excluding carboxylic acids is 1. The van der Waals surface area contributed by atoms with E-state index in [9.17, 15) is 9.90 Å². The summed E-state index contributed by atoms with van der Waals surface area (Å²) in [6.45, 7) is 1.48. The smallest absolute Gasteiger partial charge is 0.176 e. The number of nitrogens with zero attached hydrogens (tertiary/aromatic N) is 1. The van der Waals surface area contributed by atoms with Crippen LogP contribution in [0.1, 0.15) is 15.9 Å². The average Bonchev–Trinajstić information content (AvgIpc) is 2.49. The summed E-state index contributed by atoms with van der Waals surface area (Å²) >= 11 is 3.36. The molecular formula is C17H18BrNO2. The fourth-order valence-electron chi connectivity index (χ4n) is 2.13. The van der Waals surface area contributed by atoms with Gasteiger partial charge in [-0.05, 0) is 17.7 Å². The van der Waals surface area contributed by atoms with Crippen molar-refractivity contribution in [2.45, 2.75) is 6.54 Å². The number of halogens is 1. The molecule has 0 saturated heterocycles. The first-order valence-electron chi connectivity index (χ1n) is 6.85. The van der Waals surface area contributed by atoms with Crippen LogP contribution in [-0.4, -0.2) is 35.5 Å². The molecule has 0 aliphatic rings. The lowest BCUT2D eigenvalue weighted by atomic mass is 10.1. The van der Waals surface area contributed by atoms with Crippen molar-refractivity contribution in [3.05, 3.63) is 70.2 Å². The van der Waals surface area contributed by atoms with Crippen LogP contribution < -0.4 is 0 Å². The largest absolute Gasteiger partial charge is 0.395 e. The number of aliphatic hydroxyl groups excluding tert-OH is 1. The highest BCUT2D eigenvalue weighted by molar-refractivity contribution is 9.10. The minimum absolute atomic E-state index is 0.0421. The summed E-state index contributed by atoms with van der Waals surface area (Å²) in [6, 6.07) is 17.3. The quantitative estimate of drug-likeness (QED) is 0.782. The van der Waals surface area contributed by atoms with Crippen molar-refractivity contribution in [3.63, 3.8) is 0 Å². The summed E-state index contributed by atoms with van der Waals surface area (Å²) < 4.78 is 0.954. The van der Waals surface area contributed by atoms with E-state index in [2.05, 4.69) is 15.9 Å². The lowest BCUT2D eigenvalue weighted by Gasteiger charge is -2.20. The van der Waals surface area contributed by atoms with E-state index in [1.54, 1.807) is 0 Å². The number of benzene rings is 2. The van der Waals surface area contributed by atoms with Crippen LogP contribution in [0.25, 0.3) is 0 Å². The van der Waals surface area contributed by atoms with Gasteiger partial charge >= 0.3 is 0 Å². The molecule has 0 spiro atoms. The van der Waals surface area contributed by atoms with Crippen molar-refractivity contribution in [2.24, 2.45) is 0 Å². The van der Waals surface area contributed by atoms with Gasteiger partial charge in [0.25, 0.3) is 0 Å². The highest BCUT2D eigenvalue weighted by Gasteiger charge is 2.12. The van der Waals surface area contributed by atoms with E-state index in [0.717, 1.165) is 10.0 Å². The molecule has 0 bridgehead atoms. The maximum atomic E-state index is 12.3. The van der Waals surface area contributed by atoms with Crippen molar-refractivity contribution >= 4 is 21.7 Å². The average molecular weight is 348 g/mol. The molecule has 0 amide bonds. The summed E-state index contributed by atoms with van der Waals surface area (Å²) in [4.78, 5) is 14.3. The number of aliphatic hydroxyl groups is 1. The molecule has 3 nitrogen and oxygen atoms in total. The zero-order valence-corrected chi connectivity index (χ0v) is 13.3. The Balaban J connectivity index is 2.02. The van der Waals surface area contributed by atoms with Crippen LogP contribution in [0.15, 0.2) is 59.1 Å². The summed E-state index contributed by atoms with van der Waals surface area (Å²) in [5, 5.41) is 9.18. The molecule has 0 atom stereocenters. The zero-order valence-electron chi connectivity index (χ0n) is 11.7. The van der Waals surface area contributed by atoms with Gasteiger partial charge < -0.3 is 5.11 Å². The van der Waals surface area contributed by atoms with Gasteiger partial charge in [0.2, 0.25) is 0 Å². The van der Waals surface area contributed by atoms with Crippen molar-refractivity contribution < 1.29 is 9.90 Å². The van der Waals surface area contributed by atoms with Crippen molar-refractivity contribution in [3.8, 4) is 0 Å². The predicted molar refractivity (Wildman–Crippen MR) is 87.3 cm³/mol. The van der Waals surface area contributed by atoms with Gasteiger partial charge in [0.1, 0.15) is 0 Å². The monoisotopic (exact) mass is 347 g/mol. The fourth-order valence-corrected chi connectivity index (χ4v) is 2.39. The molecule has 2 rings (SSSR count). The molecular weight excluding hydrogens is 330 g/mol. The maximum Gasteiger partial charge on any atom is 0.176 e. The van der Waals surface area contributed by atoms with Crippen molar-refractivity contribution in [2.75, 3.05) is 19.7 Å². The Labute approximate surface area is 133 Å². The van der Waals surface area contributed by atoms with Crippen LogP contribution in [0.4, 0.5) is 0 Å².